The minimum absolute atomic E-state index is 0.431. The monoisotopic (exact) mass is 264 g/mol. The fraction of sp³-hybridized carbons (Fsp3) is 0.154. The molecule has 100 valence electrons. The van der Waals surface area contributed by atoms with Crippen LogP contribution in [0.5, 0.6) is 11.5 Å². The van der Waals surface area contributed by atoms with Gasteiger partial charge in [-0.3, -0.25) is 4.79 Å². The quantitative estimate of drug-likeness (QED) is 0.394. The molecule has 0 spiro atoms. The van der Waals surface area contributed by atoms with Crippen molar-refractivity contribution >= 4 is 5.78 Å². The minimum atomic E-state index is -2.78. The van der Waals surface area contributed by atoms with E-state index in [1.165, 1.54) is 24.3 Å². The van der Waals surface area contributed by atoms with Gasteiger partial charge in [0.1, 0.15) is 23.0 Å². The van der Waals surface area contributed by atoms with E-state index in [-0.39, 0.29) is 0 Å². The second-order valence-corrected chi connectivity index (χ2v) is 4.18. The molecule has 0 amide bonds. The second kappa shape index (κ2) is 4.42. The molecule has 0 saturated heterocycles. The average Bonchev–Trinajstić information content (AvgIpc) is 2.32. The molecule has 6 nitrogen and oxygen atoms in total. The van der Waals surface area contributed by atoms with Crippen molar-refractivity contribution in [1.29, 1.82) is 0 Å². The van der Waals surface area contributed by atoms with Gasteiger partial charge in [0, 0.05) is 0 Å². The zero-order chi connectivity index (χ0) is 14.2. The predicted molar refractivity (Wildman–Crippen MR) is 64.6 cm³/mol. The van der Waals surface area contributed by atoms with Gasteiger partial charge in [-0.25, -0.2) is 0 Å². The highest BCUT2D eigenvalue weighted by Gasteiger charge is 2.44. The first-order valence-corrected chi connectivity index (χ1v) is 5.43. The van der Waals surface area contributed by atoms with Crippen LogP contribution in [0.3, 0.4) is 0 Å². The Hall–Kier alpha value is -2.31. The highest BCUT2D eigenvalue weighted by molar-refractivity contribution is 6.04. The van der Waals surface area contributed by atoms with Gasteiger partial charge in [-0.15, -0.1) is 0 Å². The first-order valence-electron chi connectivity index (χ1n) is 5.43. The molecule has 0 aliphatic heterocycles. The molecule has 1 aromatic rings. The Labute approximate surface area is 108 Å². The summed E-state index contributed by atoms with van der Waals surface area (Å²) in [6, 6.07) is 3.71. The zero-order valence-corrected chi connectivity index (χ0v) is 9.69. The van der Waals surface area contributed by atoms with Gasteiger partial charge in [0.05, 0.1) is 0 Å². The lowest BCUT2D eigenvalue weighted by Gasteiger charge is -2.29. The lowest BCUT2D eigenvalue weighted by Crippen LogP contribution is -2.44. The molecular formula is C13H12O6. The summed E-state index contributed by atoms with van der Waals surface area (Å²) in [4.78, 5) is 12.2. The number of hydrogen-bond acceptors (Lipinski definition) is 6. The van der Waals surface area contributed by atoms with Gasteiger partial charge in [0.15, 0.2) is 11.5 Å². The van der Waals surface area contributed by atoms with Crippen molar-refractivity contribution in [3.63, 3.8) is 0 Å². The third kappa shape index (κ3) is 2.07. The van der Waals surface area contributed by atoms with Gasteiger partial charge < -0.3 is 25.5 Å². The topological polar surface area (TPSA) is 118 Å². The normalized spacial score (nSPS) is 20.9. The van der Waals surface area contributed by atoms with E-state index in [1.54, 1.807) is 0 Å². The third-order valence-corrected chi connectivity index (χ3v) is 2.92. The molecule has 0 heterocycles. The van der Waals surface area contributed by atoms with Crippen LogP contribution in [0.2, 0.25) is 0 Å². The highest BCUT2D eigenvalue weighted by Crippen LogP contribution is 2.35. The summed E-state index contributed by atoms with van der Waals surface area (Å²) >= 11 is 0. The van der Waals surface area contributed by atoms with Crippen LogP contribution in [-0.4, -0.2) is 37.1 Å². The summed E-state index contributed by atoms with van der Waals surface area (Å²) in [5, 5.41) is 48.0. The fourth-order valence-electron chi connectivity index (χ4n) is 1.88. The van der Waals surface area contributed by atoms with Crippen LogP contribution in [-0.2, 0) is 0 Å². The van der Waals surface area contributed by atoms with Crippen LogP contribution in [0.1, 0.15) is 10.4 Å². The minimum Gasteiger partial charge on any atom is -0.507 e. The molecule has 19 heavy (non-hydrogen) atoms. The van der Waals surface area contributed by atoms with Gasteiger partial charge in [-0.05, 0) is 18.2 Å². The number of hydrogen-bond donors (Lipinski definition) is 5. The molecule has 5 N–H and O–H groups in total. The maximum absolute atomic E-state index is 12.2. The van der Waals surface area contributed by atoms with Crippen LogP contribution in [0.4, 0.5) is 0 Å². The lowest BCUT2D eigenvalue weighted by atomic mass is 9.85. The van der Waals surface area contributed by atoms with E-state index >= 15 is 0 Å². The van der Waals surface area contributed by atoms with E-state index < -0.39 is 40.3 Å². The van der Waals surface area contributed by atoms with Crippen molar-refractivity contribution in [2.75, 3.05) is 0 Å². The number of aliphatic hydroxyl groups is 3. The summed E-state index contributed by atoms with van der Waals surface area (Å²) < 4.78 is 0. The molecule has 6 heteroatoms. The Balaban J connectivity index is 2.46. The first-order chi connectivity index (χ1) is 8.85. The smallest absolute Gasteiger partial charge is 0.236 e. The number of allylic oxidation sites excluding steroid dienone is 2. The zero-order valence-electron chi connectivity index (χ0n) is 9.69. The van der Waals surface area contributed by atoms with E-state index in [4.69, 9.17) is 0 Å². The van der Waals surface area contributed by atoms with Crippen LogP contribution in [0.25, 0.3) is 0 Å². The summed E-state index contributed by atoms with van der Waals surface area (Å²) in [5.41, 5.74) is -0.431. The van der Waals surface area contributed by atoms with Crippen LogP contribution in [0, 0.1) is 5.92 Å². The number of ketones is 1. The van der Waals surface area contributed by atoms with Crippen molar-refractivity contribution in [1.82, 2.24) is 0 Å². The lowest BCUT2D eigenvalue weighted by molar-refractivity contribution is -0.169. The number of Topliss-reactive ketones (excluding diaryl/α,β-unsaturated/α-hetero) is 1. The highest BCUT2D eigenvalue weighted by atomic mass is 16.5. The van der Waals surface area contributed by atoms with Crippen molar-refractivity contribution in [3.05, 3.63) is 47.7 Å². The molecule has 2 rings (SSSR count). The maximum atomic E-state index is 12.2. The molecule has 1 aliphatic carbocycles. The SMILES string of the molecule is O=C(c1c(O)cccc1O)C1C=CC=C(O)C1(O)O. The predicted octanol–water partition coefficient (Wildman–Crippen LogP) is 0.589. The Morgan fingerprint density at radius 3 is 2.26 bits per heavy atom. The number of aliphatic hydroxyl groups excluding tert-OH is 1. The van der Waals surface area contributed by atoms with Gasteiger partial charge in [0.2, 0.25) is 5.79 Å². The third-order valence-electron chi connectivity index (χ3n) is 2.92. The number of carbonyl (C=O) groups excluding carboxylic acids is 1. The van der Waals surface area contributed by atoms with Crippen LogP contribution < -0.4 is 0 Å². The molecule has 1 atom stereocenters. The number of aromatic hydroxyl groups is 2. The second-order valence-electron chi connectivity index (χ2n) is 4.18. The molecule has 0 saturated carbocycles. The summed E-state index contributed by atoms with van der Waals surface area (Å²) in [6.07, 6.45) is 3.47. The van der Waals surface area contributed by atoms with Crippen molar-refractivity contribution in [2.24, 2.45) is 5.92 Å². The molecule has 1 aromatic carbocycles. The van der Waals surface area contributed by atoms with Gasteiger partial charge >= 0.3 is 0 Å². The molecular weight excluding hydrogens is 252 g/mol. The van der Waals surface area contributed by atoms with Gasteiger partial charge in [-0.1, -0.05) is 18.2 Å². The standard InChI is InChI=1S/C13H12O6/c14-8-4-2-5-9(15)11(8)12(17)7-3-1-6-10(16)13(7,18)19/h1-7,14-16,18-19H. The van der Waals surface area contributed by atoms with Gasteiger partial charge in [0.25, 0.3) is 0 Å². The van der Waals surface area contributed by atoms with E-state index in [2.05, 4.69) is 0 Å². The first kappa shape index (κ1) is 13.1. The fourth-order valence-corrected chi connectivity index (χ4v) is 1.88. The van der Waals surface area contributed by atoms with E-state index in [0.29, 0.717) is 0 Å². The number of phenols is 2. The summed E-state index contributed by atoms with van der Waals surface area (Å²) in [5.74, 6) is -6.98. The molecule has 1 unspecified atom stereocenters. The number of carbonyl (C=O) groups is 1. The van der Waals surface area contributed by atoms with Crippen LogP contribution in [0.15, 0.2) is 42.2 Å². The van der Waals surface area contributed by atoms with Gasteiger partial charge in [-0.2, -0.15) is 0 Å². The average molecular weight is 264 g/mol. The molecule has 0 fully saturated rings. The van der Waals surface area contributed by atoms with Crippen molar-refractivity contribution in [3.8, 4) is 11.5 Å². The van der Waals surface area contributed by atoms with Crippen molar-refractivity contribution < 1.29 is 30.3 Å². The van der Waals surface area contributed by atoms with E-state index in [9.17, 15) is 30.3 Å². The summed E-state index contributed by atoms with van der Waals surface area (Å²) in [6.45, 7) is 0. The number of phenolic OH excluding ortho intramolecular Hbond substituents is 2. The van der Waals surface area contributed by atoms with E-state index in [1.807, 2.05) is 0 Å². The van der Waals surface area contributed by atoms with Crippen LogP contribution >= 0.6 is 0 Å². The number of benzene rings is 1. The molecule has 0 radical (unpaired) electrons. The molecule has 1 aliphatic rings. The summed E-state index contributed by atoms with van der Waals surface area (Å²) in [7, 11) is 0. The maximum Gasteiger partial charge on any atom is 0.236 e. The van der Waals surface area contributed by atoms with Crippen molar-refractivity contribution in [2.45, 2.75) is 5.79 Å². The Morgan fingerprint density at radius 2 is 1.68 bits per heavy atom. The van der Waals surface area contributed by atoms with E-state index in [0.717, 1.165) is 12.2 Å². The Morgan fingerprint density at radius 1 is 1.11 bits per heavy atom. The largest absolute Gasteiger partial charge is 0.507 e. The molecule has 0 bridgehead atoms. The Bertz CT molecular complexity index is 565. The number of rotatable bonds is 2. The Kier molecular flexibility index (Phi) is 3.05. The molecule has 0 aromatic heterocycles.